The molecule has 12 aliphatic heterocycles. The number of nitriles is 1. The van der Waals surface area contributed by atoms with Gasteiger partial charge in [-0.15, -0.1) is 0 Å². The van der Waals surface area contributed by atoms with Crippen LogP contribution in [0.4, 0.5) is 0 Å². The molecule has 0 saturated carbocycles. The van der Waals surface area contributed by atoms with Crippen molar-refractivity contribution in [2.24, 2.45) is 0 Å². The Morgan fingerprint density at radius 3 is 0.982 bits per heavy atom. The molecule has 4 aromatic carbocycles. The Kier molecular flexibility index (Phi) is 17.8. The van der Waals surface area contributed by atoms with Crippen LogP contribution in [0.3, 0.4) is 0 Å². The third-order valence-corrected chi connectivity index (χ3v) is 10.7. The predicted octanol–water partition coefficient (Wildman–Crippen LogP) is 7.65. The minimum absolute atomic E-state index is 0.571. The van der Waals surface area contributed by atoms with E-state index in [4.69, 9.17) is 19.5 Å². The summed E-state index contributed by atoms with van der Waals surface area (Å²) >= 11 is 0. The minimum Gasteiger partial charge on any atom is -0.372 e. The van der Waals surface area contributed by atoms with Crippen molar-refractivity contribution in [1.29, 1.82) is 5.26 Å². The smallest absolute Gasteiger partial charge is 0.0727 e. The summed E-state index contributed by atoms with van der Waals surface area (Å²) in [4.78, 5) is 2.55. The second-order valence-electron chi connectivity index (χ2n) is 14.5. The van der Waals surface area contributed by atoms with Crippen LogP contribution >= 0.6 is 0 Å². The fourth-order valence-electron chi connectivity index (χ4n) is 7.71. The Labute approximate surface area is 330 Å². The predicted molar refractivity (Wildman–Crippen MR) is 222 cm³/mol. The zero-order valence-corrected chi connectivity index (χ0v) is 33.8. The van der Waals surface area contributed by atoms with Crippen LogP contribution < -0.4 is 16.0 Å². The normalized spacial score (nSPS) is 16.8. The second kappa shape index (κ2) is 23.2. The van der Waals surface area contributed by atoms with E-state index in [9.17, 15) is 0 Å². The second-order valence-corrected chi connectivity index (χ2v) is 14.5. The SMILES string of the molecule is CC#N.CCc1c2c(CC)c3c(CC)c1COCc1ccc(cc1)CNCCN(CCNCc1ccc(cc1)COC2)CCNCc1ccc(cc1)COC3. The van der Waals surface area contributed by atoms with Crippen molar-refractivity contribution in [3.05, 3.63) is 140 Å². The van der Waals surface area contributed by atoms with E-state index in [-0.39, 0.29) is 0 Å². The lowest BCUT2D eigenvalue weighted by molar-refractivity contribution is 0.0969. The van der Waals surface area contributed by atoms with Crippen LogP contribution in [0.2, 0.25) is 0 Å². The monoisotopic (exact) mass is 745 g/mol. The van der Waals surface area contributed by atoms with Crippen molar-refractivity contribution < 1.29 is 14.2 Å². The summed E-state index contributed by atoms with van der Waals surface area (Å²) in [5.74, 6) is 0. The number of rotatable bonds is 3. The number of nitrogens with one attached hydrogen (secondary N) is 3. The molecule has 0 aromatic heterocycles. The summed E-state index contributed by atoms with van der Waals surface area (Å²) in [6, 6.07) is 28.5. The first-order chi connectivity index (χ1) is 27.1. The van der Waals surface area contributed by atoms with E-state index in [2.05, 4.69) is 114 Å². The quantitative estimate of drug-likeness (QED) is 0.197. The van der Waals surface area contributed by atoms with E-state index in [1.165, 1.54) is 73.7 Å². The van der Waals surface area contributed by atoms with Crippen LogP contribution in [-0.4, -0.2) is 44.2 Å². The van der Waals surface area contributed by atoms with E-state index in [1.54, 1.807) is 6.07 Å². The lowest BCUT2D eigenvalue weighted by atomic mass is 9.84. The third-order valence-electron chi connectivity index (χ3n) is 10.7. The standard InChI is InChI=1S/C45H60N4O3.C2H3N/c1-4-40-43-31-50-28-37-13-7-34(8-14-37)25-46-19-22-49-23-20-47-26-35-9-15-38(16-10-35)29-51-32-44(40)42(6-3)45(41(43)5-2)33-52-30-39-17-11-36(12-18-39)27-48-21-24-49;1-2-3/h7-18,46-48H,4-6,19-33H2,1-3H3;1H3. The Morgan fingerprint density at radius 1 is 0.473 bits per heavy atom. The van der Waals surface area contributed by atoms with Crippen molar-refractivity contribution in [2.45, 2.75) is 106 Å². The van der Waals surface area contributed by atoms with Gasteiger partial charge in [0, 0.05) is 65.8 Å². The van der Waals surface area contributed by atoms with Gasteiger partial charge in [0.05, 0.1) is 45.7 Å². The fourth-order valence-corrected chi connectivity index (χ4v) is 7.71. The van der Waals surface area contributed by atoms with Crippen LogP contribution in [0.25, 0.3) is 0 Å². The molecule has 0 unspecified atom stereocenters. The molecule has 55 heavy (non-hydrogen) atoms. The van der Waals surface area contributed by atoms with Crippen LogP contribution in [0.15, 0.2) is 72.8 Å². The molecule has 16 rings (SSSR count). The summed E-state index contributed by atoms with van der Waals surface area (Å²) < 4.78 is 19.7. The Hall–Kier alpha value is -3.91. The largest absolute Gasteiger partial charge is 0.372 e. The van der Waals surface area contributed by atoms with Gasteiger partial charge >= 0.3 is 0 Å². The molecule has 12 heterocycles. The van der Waals surface area contributed by atoms with Gasteiger partial charge in [-0.3, -0.25) is 4.90 Å². The van der Waals surface area contributed by atoms with Crippen molar-refractivity contribution >= 4 is 0 Å². The maximum absolute atomic E-state index is 7.32. The average molecular weight is 746 g/mol. The van der Waals surface area contributed by atoms with E-state index in [0.717, 1.165) is 78.2 Å². The van der Waals surface area contributed by atoms with Crippen molar-refractivity contribution in [3.8, 4) is 6.07 Å². The fraction of sp³-hybridized carbons (Fsp3) is 0.468. The van der Waals surface area contributed by atoms with Gasteiger partial charge in [0.2, 0.25) is 0 Å². The average Bonchev–Trinajstić information content (AvgIpc) is 3.20. The Balaban J connectivity index is 0.00000187. The third kappa shape index (κ3) is 12.8. The van der Waals surface area contributed by atoms with E-state index in [0.29, 0.717) is 39.6 Å². The highest BCUT2D eigenvalue weighted by molar-refractivity contribution is 5.52. The van der Waals surface area contributed by atoms with Crippen LogP contribution in [-0.2, 0) is 92.7 Å². The molecule has 12 aliphatic rings. The molecule has 3 N–H and O–H groups in total. The molecule has 294 valence electrons. The van der Waals surface area contributed by atoms with Crippen LogP contribution in [0.5, 0.6) is 0 Å². The number of hydrogen-bond acceptors (Lipinski definition) is 8. The molecule has 8 nitrogen and oxygen atoms in total. The highest BCUT2D eigenvalue weighted by atomic mass is 16.5. The molecule has 0 radical (unpaired) electrons. The van der Waals surface area contributed by atoms with Gasteiger partial charge in [-0.2, -0.15) is 5.26 Å². The molecule has 4 aromatic rings. The van der Waals surface area contributed by atoms with Gasteiger partial charge in [-0.05, 0) is 86.0 Å². The topological polar surface area (TPSA) is 90.8 Å². The van der Waals surface area contributed by atoms with Crippen molar-refractivity contribution in [1.82, 2.24) is 20.9 Å². The molecular weight excluding hydrogens is 683 g/mol. The van der Waals surface area contributed by atoms with E-state index in [1.807, 2.05) is 0 Å². The number of hydrogen-bond donors (Lipinski definition) is 3. The number of benzene rings is 4. The molecular formula is C47H63N5O3. The summed E-state index contributed by atoms with van der Waals surface area (Å²) in [5.41, 5.74) is 15.5. The van der Waals surface area contributed by atoms with E-state index < -0.39 is 0 Å². The zero-order valence-electron chi connectivity index (χ0n) is 33.8. The molecule has 0 amide bonds. The molecule has 8 heteroatoms. The van der Waals surface area contributed by atoms with Gasteiger partial charge in [0.25, 0.3) is 0 Å². The van der Waals surface area contributed by atoms with Crippen LogP contribution in [0.1, 0.15) is 94.5 Å². The van der Waals surface area contributed by atoms with Crippen molar-refractivity contribution in [2.75, 3.05) is 39.3 Å². The zero-order chi connectivity index (χ0) is 38.7. The maximum Gasteiger partial charge on any atom is 0.0727 e. The minimum atomic E-state index is 0.571. The van der Waals surface area contributed by atoms with Crippen molar-refractivity contribution in [3.63, 3.8) is 0 Å². The Bertz CT molecular complexity index is 1550. The number of ether oxygens (including phenoxy) is 3. The Morgan fingerprint density at radius 2 is 0.727 bits per heavy atom. The summed E-state index contributed by atoms with van der Waals surface area (Å²) in [6.45, 7) is 20.1. The molecule has 0 atom stereocenters. The lowest BCUT2D eigenvalue weighted by Crippen LogP contribution is -2.40. The van der Waals surface area contributed by atoms with Crippen LogP contribution in [0, 0.1) is 11.3 Å². The molecule has 0 aliphatic carbocycles. The summed E-state index contributed by atoms with van der Waals surface area (Å²) in [7, 11) is 0. The highest BCUT2D eigenvalue weighted by Crippen LogP contribution is 2.33. The lowest BCUT2D eigenvalue weighted by Gasteiger charge is -2.26. The maximum atomic E-state index is 7.32. The summed E-state index contributed by atoms with van der Waals surface area (Å²) in [5, 5.41) is 18.4. The first-order valence-corrected chi connectivity index (χ1v) is 20.4. The van der Waals surface area contributed by atoms with Gasteiger partial charge in [0.1, 0.15) is 0 Å². The van der Waals surface area contributed by atoms with Gasteiger partial charge < -0.3 is 30.2 Å². The first-order valence-electron chi connectivity index (χ1n) is 20.4. The molecule has 0 saturated heterocycles. The first kappa shape index (κ1) is 42.2. The molecule has 0 fully saturated rings. The molecule has 10 bridgehead atoms. The number of nitrogens with zero attached hydrogens (tertiary/aromatic N) is 2. The highest BCUT2D eigenvalue weighted by Gasteiger charge is 2.22. The summed E-state index contributed by atoms with van der Waals surface area (Å²) in [6.07, 6.45) is 2.79. The van der Waals surface area contributed by atoms with Gasteiger partial charge in [-0.25, -0.2) is 0 Å². The van der Waals surface area contributed by atoms with Gasteiger partial charge in [0.15, 0.2) is 0 Å². The van der Waals surface area contributed by atoms with Gasteiger partial charge in [-0.1, -0.05) is 93.6 Å². The molecule has 0 spiro atoms. The van der Waals surface area contributed by atoms with E-state index >= 15 is 0 Å².